The van der Waals surface area contributed by atoms with Gasteiger partial charge in [0.15, 0.2) is 0 Å². The molecule has 0 aromatic heterocycles. The first kappa shape index (κ1) is 16.0. The van der Waals surface area contributed by atoms with E-state index < -0.39 is 0 Å². The van der Waals surface area contributed by atoms with Crippen molar-refractivity contribution in [1.82, 2.24) is 5.32 Å². The van der Waals surface area contributed by atoms with Crippen LogP contribution in [0.15, 0.2) is 18.2 Å². The molecule has 0 saturated heterocycles. The van der Waals surface area contributed by atoms with Gasteiger partial charge < -0.3 is 10.1 Å². The highest BCUT2D eigenvalue weighted by atomic mass is 35.5. The molecule has 0 heterocycles. The van der Waals surface area contributed by atoms with Crippen LogP contribution in [-0.4, -0.2) is 24.7 Å². The van der Waals surface area contributed by atoms with Crippen LogP contribution in [0.25, 0.3) is 0 Å². The van der Waals surface area contributed by atoms with E-state index in [-0.39, 0.29) is 0 Å². The molecule has 112 valence electrons. The van der Waals surface area contributed by atoms with Crippen LogP contribution in [-0.2, 0) is 0 Å². The highest BCUT2D eigenvalue weighted by Crippen LogP contribution is 2.33. The predicted molar refractivity (Wildman–Crippen MR) is 89.1 cm³/mol. The SMILES string of the molecule is CCNC(CSC1CCCC1)c1ccc(Cl)c(OC)c1. The second kappa shape index (κ2) is 8.16. The quantitative estimate of drug-likeness (QED) is 0.790. The van der Waals surface area contributed by atoms with Crippen molar-refractivity contribution in [2.24, 2.45) is 0 Å². The smallest absolute Gasteiger partial charge is 0.137 e. The number of halogens is 1. The Bertz CT molecular complexity index is 421. The molecule has 4 heteroatoms. The normalized spacial score (nSPS) is 17.4. The van der Waals surface area contributed by atoms with Gasteiger partial charge in [0, 0.05) is 17.0 Å². The van der Waals surface area contributed by atoms with Gasteiger partial charge in [0.25, 0.3) is 0 Å². The summed E-state index contributed by atoms with van der Waals surface area (Å²) in [7, 11) is 1.67. The van der Waals surface area contributed by atoms with E-state index in [1.807, 2.05) is 6.07 Å². The number of thioether (sulfide) groups is 1. The molecule has 0 bridgehead atoms. The number of hydrogen-bond acceptors (Lipinski definition) is 3. The van der Waals surface area contributed by atoms with Crippen molar-refractivity contribution >= 4 is 23.4 Å². The molecule has 1 N–H and O–H groups in total. The summed E-state index contributed by atoms with van der Waals surface area (Å²) in [6.07, 6.45) is 5.57. The zero-order valence-electron chi connectivity index (χ0n) is 12.3. The Morgan fingerprint density at radius 3 is 2.80 bits per heavy atom. The Morgan fingerprint density at radius 2 is 2.15 bits per heavy atom. The van der Waals surface area contributed by atoms with Gasteiger partial charge in [-0.15, -0.1) is 0 Å². The lowest BCUT2D eigenvalue weighted by molar-refractivity contribution is 0.413. The van der Waals surface area contributed by atoms with Crippen molar-refractivity contribution in [3.63, 3.8) is 0 Å². The molecule has 1 aromatic rings. The van der Waals surface area contributed by atoms with E-state index in [0.29, 0.717) is 11.1 Å². The standard InChI is InChI=1S/C16H24ClNOS/c1-3-18-15(11-20-13-6-4-5-7-13)12-8-9-14(17)16(10-12)19-2/h8-10,13,15,18H,3-7,11H2,1-2H3. The summed E-state index contributed by atoms with van der Waals surface area (Å²) < 4.78 is 5.33. The van der Waals surface area contributed by atoms with Crippen molar-refractivity contribution in [3.05, 3.63) is 28.8 Å². The third kappa shape index (κ3) is 4.31. The molecule has 0 amide bonds. The van der Waals surface area contributed by atoms with Gasteiger partial charge in [0.2, 0.25) is 0 Å². The Labute approximate surface area is 131 Å². The molecular formula is C16H24ClNOS. The minimum atomic E-state index is 0.372. The first-order chi connectivity index (χ1) is 9.74. The molecule has 0 radical (unpaired) electrons. The van der Waals surface area contributed by atoms with Crippen LogP contribution in [0.1, 0.15) is 44.2 Å². The Kier molecular flexibility index (Phi) is 6.53. The number of nitrogens with one attached hydrogen (secondary N) is 1. The Morgan fingerprint density at radius 1 is 1.40 bits per heavy atom. The molecule has 1 unspecified atom stereocenters. The summed E-state index contributed by atoms with van der Waals surface area (Å²) in [6.45, 7) is 3.13. The predicted octanol–water partition coefficient (Wildman–Crippen LogP) is 4.68. The molecule has 1 atom stereocenters. The summed E-state index contributed by atoms with van der Waals surface area (Å²) in [4.78, 5) is 0. The maximum Gasteiger partial charge on any atom is 0.137 e. The highest BCUT2D eigenvalue weighted by Gasteiger charge is 2.19. The lowest BCUT2D eigenvalue weighted by Crippen LogP contribution is -2.23. The van der Waals surface area contributed by atoms with Crippen LogP contribution in [0, 0.1) is 0 Å². The largest absolute Gasteiger partial charge is 0.495 e. The zero-order chi connectivity index (χ0) is 14.4. The molecule has 0 aliphatic heterocycles. The fourth-order valence-corrected chi connectivity index (χ4v) is 4.34. The summed E-state index contributed by atoms with van der Waals surface area (Å²) >= 11 is 8.22. The van der Waals surface area contributed by atoms with E-state index in [1.165, 1.54) is 31.2 Å². The molecule has 2 nitrogen and oxygen atoms in total. The van der Waals surface area contributed by atoms with Crippen LogP contribution in [0.5, 0.6) is 5.75 Å². The van der Waals surface area contributed by atoms with Crippen LogP contribution in [0.2, 0.25) is 5.02 Å². The van der Waals surface area contributed by atoms with E-state index in [9.17, 15) is 0 Å². The zero-order valence-corrected chi connectivity index (χ0v) is 13.9. The third-order valence-electron chi connectivity index (χ3n) is 3.83. The topological polar surface area (TPSA) is 21.3 Å². The number of rotatable bonds is 7. The Balaban J connectivity index is 2.02. The van der Waals surface area contributed by atoms with Crippen molar-refractivity contribution in [3.8, 4) is 5.75 Å². The van der Waals surface area contributed by atoms with E-state index in [0.717, 1.165) is 23.3 Å². The van der Waals surface area contributed by atoms with Gasteiger partial charge in [-0.25, -0.2) is 0 Å². The third-order valence-corrected chi connectivity index (χ3v) is 5.61. The van der Waals surface area contributed by atoms with Gasteiger partial charge in [-0.1, -0.05) is 37.4 Å². The molecule has 1 aliphatic carbocycles. The minimum absolute atomic E-state index is 0.372. The van der Waals surface area contributed by atoms with Crippen molar-refractivity contribution < 1.29 is 4.74 Å². The fourth-order valence-electron chi connectivity index (χ4n) is 2.70. The van der Waals surface area contributed by atoms with Crippen LogP contribution in [0.3, 0.4) is 0 Å². The second-order valence-electron chi connectivity index (χ2n) is 5.24. The van der Waals surface area contributed by atoms with E-state index in [1.54, 1.807) is 7.11 Å². The van der Waals surface area contributed by atoms with Crippen LogP contribution in [0.4, 0.5) is 0 Å². The minimum Gasteiger partial charge on any atom is -0.495 e. The molecule has 1 aliphatic rings. The molecule has 2 rings (SSSR count). The van der Waals surface area contributed by atoms with Gasteiger partial charge in [-0.2, -0.15) is 11.8 Å². The number of ether oxygens (including phenoxy) is 1. The van der Waals surface area contributed by atoms with E-state index >= 15 is 0 Å². The second-order valence-corrected chi connectivity index (χ2v) is 6.98. The number of benzene rings is 1. The lowest BCUT2D eigenvalue weighted by atomic mass is 10.1. The first-order valence-corrected chi connectivity index (χ1v) is 8.85. The summed E-state index contributed by atoms with van der Waals surface area (Å²) in [6, 6.07) is 6.47. The summed E-state index contributed by atoms with van der Waals surface area (Å²) in [5.74, 6) is 1.88. The van der Waals surface area contributed by atoms with Crippen LogP contribution < -0.4 is 10.1 Å². The number of hydrogen-bond donors (Lipinski definition) is 1. The molecule has 20 heavy (non-hydrogen) atoms. The average molecular weight is 314 g/mol. The summed E-state index contributed by atoms with van der Waals surface area (Å²) in [5.41, 5.74) is 1.26. The maximum atomic E-state index is 6.11. The van der Waals surface area contributed by atoms with Gasteiger partial charge in [0.1, 0.15) is 5.75 Å². The van der Waals surface area contributed by atoms with E-state index in [2.05, 4.69) is 36.1 Å². The fraction of sp³-hybridized carbons (Fsp3) is 0.625. The lowest BCUT2D eigenvalue weighted by Gasteiger charge is -2.21. The van der Waals surface area contributed by atoms with Crippen LogP contribution >= 0.6 is 23.4 Å². The Hall–Kier alpha value is -0.380. The van der Waals surface area contributed by atoms with E-state index in [4.69, 9.17) is 16.3 Å². The first-order valence-electron chi connectivity index (χ1n) is 7.43. The van der Waals surface area contributed by atoms with Gasteiger partial charge in [0.05, 0.1) is 12.1 Å². The summed E-state index contributed by atoms with van der Waals surface area (Å²) in [5, 5.41) is 5.10. The van der Waals surface area contributed by atoms with Gasteiger partial charge >= 0.3 is 0 Å². The number of methoxy groups -OCH3 is 1. The highest BCUT2D eigenvalue weighted by molar-refractivity contribution is 7.99. The maximum absolute atomic E-state index is 6.11. The molecule has 1 saturated carbocycles. The van der Waals surface area contributed by atoms with Gasteiger partial charge in [-0.3, -0.25) is 0 Å². The average Bonchev–Trinajstić information content (AvgIpc) is 2.97. The van der Waals surface area contributed by atoms with Crippen molar-refractivity contribution in [2.75, 3.05) is 19.4 Å². The molecule has 1 aromatic carbocycles. The molecular weight excluding hydrogens is 290 g/mol. The van der Waals surface area contributed by atoms with Crippen molar-refractivity contribution in [2.45, 2.75) is 43.9 Å². The monoisotopic (exact) mass is 313 g/mol. The molecule has 0 spiro atoms. The van der Waals surface area contributed by atoms with Crippen molar-refractivity contribution in [1.29, 1.82) is 0 Å². The van der Waals surface area contributed by atoms with Gasteiger partial charge in [-0.05, 0) is 37.1 Å². The molecule has 1 fully saturated rings.